The molecule has 1 atom stereocenters. The molecule has 0 aliphatic rings. The molecule has 0 bridgehead atoms. The normalized spacial score (nSPS) is 12.3. The number of hydrogen-bond donors (Lipinski definition) is 0. The molecule has 0 saturated heterocycles. The summed E-state index contributed by atoms with van der Waals surface area (Å²) in [7, 11) is 0. The Hall–Kier alpha value is -2.63. The van der Waals surface area contributed by atoms with E-state index in [9.17, 15) is 14.4 Å². The largest absolute Gasteiger partial charge is 0.462 e. The zero-order chi connectivity index (χ0) is 49.3. The van der Waals surface area contributed by atoms with E-state index < -0.39 is 6.10 Å². The average Bonchev–Trinajstić information content (AvgIpc) is 3.34. The van der Waals surface area contributed by atoms with Gasteiger partial charge in [-0.05, 0) is 103 Å². The number of allylic oxidation sites excluding steroid dienone is 8. The van der Waals surface area contributed by atoms with Crippen LogP contribution in [0.15, 0.2) is 48.6 Å². The van der Waals surface area contributed by atoms with E-state index in [1.54, 1.807) is 0 Å². The van der Waals surface area contributed by atoms with Gasteiger partial charge < -0.3 is 14.2 Å². The van der Waals surface area contributed by atoms with Crippen molar-refractivity contribution < 1.29 is 28.6 Å². The molecule has 0 fully saturated rings. The fourth-order valence-electron chi connectivity index (χ4n) is 8.52. The fraction of sp³-hybridized carbons (Fsp3) is 0.823. The summed E-state index contributed by atoms with van der Waals surface area (Å²) in [6.45, 7) is 6.62. The first-order chi connectivity index (χ1) is 33.5. The van der Waals surface area contributed by atoms with E-state index >= 15 is 0 Å². The lowest BCUT2D eigenvalue weighted by molar-refractivity contribution is -0.167. The first-order valence-electron chi connectivity index (χ1n) is 29.6. The van der Waals surface area contributed by atoms with Crippen molar-refractivity contribution in [2.24, 2.45) is 0 Å². The van der Waals surface area contributed by atoms with Crippen LogP contribution >= 0.6 is 0 Å². The van der Waals surface area contributed by atoms with Gasteiger partial charge in [0.05, 0.1) is 0 Å². The third-order valence-electron chi connectivity index (χ3n) is 13.0. The summed E-state index contributed by atoms with van der Waals surface area (Å²) in [6, 6.07) is 0. The van der Waals surface area contributed by atoms with E-state index in [-0.39, 0.29) is 31.1 Å². The first-order valence-corrected chi connectivity index (χ1v) is 29.6. The predicted molar refractivity (Wildman–Crippen MR) is 293 cm³/mol. The first kappa shape index (κ1) is 65.4. The highest BCUT2D eigenvalue weighted by molar-refractivity contribution is 5.71. The van der Waals surface area contributed by atoms with Gasteiger partial charge in [0.15, 0.2) is 6.10 Å². The second-order valence-corrected chi connectivity index (χ2v) is 19.9. The van der Waals surface area contributed by atoms with E-state index in [2.05, 4.69) is 69.4 Å². The molecule has 0 aromatic heterocycles. The van der Waals surface area contributed by atoms with Crippen LogP contribution in [0.25, 0.3) is 0 Å². The number of hydrogen-bond acceptors (Lipinski definition) is 6. The van der Waals surface area contributed by atoms with Crippen molar-refractivity contribution >= 4 is 17.9 Å². The summed E-state index contributed by atoms with van der Waals surface area (Å²) in [5.41, 5.74) is 0. The molecule has 396 valence electrons. The summed E-state index contributed by atoms with van der Waals surface area (Å²) < 4.78 is 16.9. The molecule has 6 heteroatoms. The zero-order valence-corrected chi connectivity index (χ0v) is 45.4. The minimum Gasteiger partial charge on any atom is -0.462 e. The van der Waals surface area contributed by atoms with Crippen LogP contribution in [0.3, 0.4) is 0 Å². The second-order valence-electron chi connectivity index (χ2n) is 19.9. The van der Waals surface area contributed by atoms with E-state index in [0.29, 0.717) is 19.3 Å². The lowest BCUT2D eigenvalue weighted by Gasteiger charge is -2.18. The van der Waals surface area contributed by atoms with Gasteiger partial charge in [-0.3, -0.25) is 14.4 Å². The predicted octanol–water partition coefficient (Wildman–Crippen LogP) is 19.8. The van der Waals surface area contributed by atoms with Crippen LogP contribution < -0.4 is 0 Å². The molecule has 0 rings (SSSR count). The Morgan fingerprint density at radius 3 is 0.853 bits per heavy atom. The van der Waals surface area contributed by atoms with Gasteiger partial charge in [-0.2, -0.15) is 0 Å². The topological polar surface area (TPSA) is 78.9 Å². The quantitative estimate of drug-likeness (QED) is 0.0262. The molecule has 0 aromatic rings. The fourth-order valence-corrected chi connectivity index (χ4v) is 8.52. The van der Waals surface area contributed by atoms with E-state index in [1.165, 1.54) is 180 Å². The van der Waals surface area contributed by atoms with Crippen LogP contribution in [0.2, 0.25) is 0 Å². The second kappa shape index (κ2) is 57.0. The standard InChI is InChI=1S/C62H112O6/c1-4-7-10-13-16-19-22-25-28-30-31-32-35-37-40-43-46-49-52-55-61(64)67-58-59(57-66-60(63)54-51-48-45-42-39-36-33-27-24-21-18-15-12-9-6-3)68-62(65)56-53-50-47-44-41-38-34-29-26-23-20-17-14-11-8-5-2/h18,21,27,29-31,33-34,59H,4-17,19-20,22-26,28,32,35-58H2,1-3H3/b21-18-,31-30-,33-27-,34-29-/t59-/m1/s1. The monoisotopic (exact) mass is 953 g/mol. The Balaban J connectivity index is 4.38. The minimum absolute atomic E-state index is 0.0818. The highest BCUT2D eigenvalue weighted by atomic mass is 16.6. The number of rotatable bonds is 54. The summed E-state index contributed by atoms with van der Waals surface area (Å²) in [5.74, 6) is -0.894. The number of ether oxygens (including phenoxy) is 3. The number of unbranched alkanes of at least 4 members (excludes halogenated alkanes) is 35. The summed E-state index contributed by atoms with van der Waals surface area (Å²) in [5, 5.41) is 0. The highest BCUT2D eigenvalue weighted by Gasteiger charge is 2.19. The highest BCUT2D eigenvalue weighted by Crippen LogP contribution is 2.15. The van der Waals surface area contributed by atoms with Gasteiger partial charge in [-0.15, -0.1) is 0 Å². The lowest BCUT2D eigenvalue weighted by atomic mass is 10.1. The van der Waals surface area contributed by atoms with Crippen molar-refractivity contribution in [1.29, 1.82) is 0 Å². The molecule has 0 saturated carbocycles. The smallest absolute Gasteiger partial charge is 0.306 e. The van der Waals surface area contributed by atoms with Crippen molar-refractivity contribution in [2.45, 2.75) is 316 Å². The summed E-state index contributed by atoms with van der Waals surface area (Å²) >= 11 is 0. The molecule has 0 unspecified atom stereocenters. The summed E-state index contributed by atoms with van der Waals surface area (Å²) in [4.78, 5) is 38.2. The van der Waals surface area contributed by atoms with Gasteiger partial charge in [0.2, 0.25) is 0 Å². The van der Waals surface area contributed by atoms with Crippen molar-refractivity contribution in [3.63, 3.8) is 0 Å². The van der Waals surface area contributed by atoms with Gasteiger partial charge in [0.1, 0.15) is 13.2 Å². The Bertz CT molecular complexity index is 1190. The molecule has 0 aromatic carbocycles. The van der Waals surface area contributed by atoms with Gasteiger partial charge in [-0.1, -0.05) is 236 Å². The van der Waals surface area contributed by atoms with Crippen LogP contribution in [-0.2, 0) is 28.6 Å². The molecule has 0 aliphatic carbocycles. The van der Waals surface area contributed by atoms with E-state index in [4.69, 9.17) is 14.2 Å². The Morgan fingerprint density at radius 1 is 0.294 bits per heavy atom. The molecular weight excluding hydrogens is 841 g/mol. The average molecular weight is 954 g/mol. The molecule has 0 spiro atoms. The Kier molecular flexibility index (Phi) is 54.8. The van der Waals surface area contributed by atoms with Crippen LogP contribution in [0, 0.1) is 0 Å². The zero-order valence-electron chi connectivity index (χ0n) is 45.4. The van der Waals surface area contributed by atoms with E-state index in [0.717, 1.165) is 89.9 Å². The maximum atomic E-state index is 12.9. The molecule has 0 amide bonds. The van der Waals surface area contributed by atoms with Gasteiger partial charge in [0.25, 0.3) is 0 Å². The minimum atomic E-state index is -0.784. The molecule has 68 heavy (non-hydrogen) atoms. The van der Waals surface area contributed by atoms with Crippen molar-refractivity contribution in [1.82, 2.24) is 0 Å². The Morgan fingerprint density at radius 2 is 0.529 bits per heavy atom. The molecular formula is C62H112O6. The number of carbonyl (C=O) groups excluding carboxylic acids is 3. The summed E-state index contributed by atoms with van der Waals surface area (Å²) in [6.07, 6.45) is 69.6. The molecule has 0 N–H and O–H groups in total. The number of esters is 3. The van der Waals surface area contributed by atoms with Gasteiger partial charge in [0, 0.05) is 19.3 Å². The van der Waals surface area contributed by atoms with Crippen LogP contribution in [0.5, 0.6) is 0 Å². The van der Waals surface area contributed by atoms with Crippen molar-refractivity contribution in [3.8, 4) is 0 Å². The third kappa shape index (κ3) is 54.3. The van der Waals surface area contributed by atoms with Crippen molar-refractivity contribution in [3.05, 3.63) is 48.6 Å². The molecule has 0 radical (unpaired) electrons. The molecule has 0 heterocycles. The molecule has 6 nitrogen and oxygen atoms in total. The van der Waals surface area contributed by atoms with Gasteiger partial charge in [-0.25, -0.2) is 0 Å². The SMILES string of the molecule is CCCCC/C=C\C/C=C\CCCCCCCC(=O)OC[C@H](COC(=O)CCCCCCCCC/C=C\CCCCCCCCCC)OC(=O)CCCCCCC/C=C\CCCCCCCCC. The maximum Gasteiger partial charge on any atom is 0.306 e. The molecule has 0 aliphatic heterocycles. The Labute approximate surface area is 422 Å². The third-order valence-corrected chi connectivity index (χ3v) is 13.0. The maximum absolute atomic E-state index is 12.9. The van der Waals surface area contributed by atoms with E-state index in [1.807, 2.05) is 0 Å². The van der Waals surface area contributed by atoms with Crippen molar-refractivity contribution in [2.75, 3.05) is 13.2 Å². The number of carbonyl (C=O) groups is 3. The van der Waals surface area contributed by atoms with Crippen LogP contribution in [0.4, 0.5) is 0 Å². The lowest BCUT2D eigenvalue weighted by Crippen LogP contribution is -2.30. The van der Waals surface area contributed by atoms with Crippen LogP contribution in [0.1, 0.15) is 310 Å². The van der Waals surface area contributed by atoms with Crippen LogP contribution in [-0.4, -0.2) is 37.2 Å². The van der Waals surface area contributed by atoms with Gasteiger partial charge >= 0.3 is 17.9 Å².